The molecular weight excluding hydrogens is 560 g/mol. The Balaban J connectivity index is 1.83. The molecule has 0 radical (unpaired) electrons. The van der Waals surface area contributed by atoms with Crippen molar-refractivity contribution in [2.45, 2.75) is 57.0 Å². The molecule has 0 bridgehead atoms. The minimum Gasteiger partial charge on any atom is -0.341 e. The Labute approximate surface area is 244 Å². The summed E-state index contributed by atoms with van der Waals surface area (Å²) in [6.45, 7) is 0. The molecule has 0 saturated heterocycles. The summed E-state index contributed by atoms with van der Waals surface area (Å²) in [5.74, 6) is -0.360. The Hall–Kier alpha value is -3.15. The van der Waals surface area contributed by atoms with E-state index < -0.39 is 31.0 Å². The molecule has 1 atom stereocenters. The van der Waals surface area contributed by atoms with Crippen LogP contribution in [0.5, 0.6) is 0 Å². The van der Waals surface area contributed by atoms with Crippen LogP contribution in [0.15, 0.2) is 79.4 Å². The molecule has 3 rings (SSSR count). The van der Waals surface area contributed by atoms with Gasteiger partial charge >= 0.3 is 0 Å². The molecule has 1 amide bonds. The first-order chi connectivity index (χ1) is 19.5. The van der Waals surface area contributed by atoms with Gasteiger partial charge in [-0.05, 0) is 73.8 Å². The van der Waals surface area contributed by atoms with Crippen molar-refractivity contribution in [3.8, 4) is 0 Å². The van der Waals surface area contributed by atoms with Crippen LogP contribution in [0, 0.1) is 0 Å². The molecule has 0 aliphatic rings. The lowest BCUT2D eigenvalue weighted by Gasteiger charge is -2.35. The Morgan fingerprint density at radius 2 is 1.29 bits per heavy atom. The number of sulfonamides is 1. The van der Waals surface area contributed by atoms with Crippen molar-refractivity contribution in [1.29, 1.82) is 0 Å². The molecule has 41 heavy (non-hydrogen) atoms. The van der Waals surface area contributed by atoms with E-state index in [-0.39, 0.29) is 18.4 Å². The summed E-state index contributed by atoms with van der Waals surface area (Å²) >= 11 is 0. The summed E-state index contributed by atoms with van der Waals surface area (Å²) in [5, 5.41) is -1.06. The average Bonchev–Trinajstić information content (AvgIpc) is 2.94. The normalized spacial score (nSPS) is 12.9. The van der Waals surface area contributed by atoms with E-state index in [9.17, 15) is 21.6 Å². The number of carbonyl (C=O) groups excluding carboxylic acids is 1. The fourth-order valence-electron chi connectivity index (χ4n) is 4.88. The van der Waals surface area contributed by atoms with Crippen molar-refractivity contribution in [3.63, 3.8) is 0 Å². The Morgan fingerprint density at radius 3 is 1.76 bits per heavy atom. The summed E-state index contributed by atoms with van der Waals surface area (Å²) in [4.78, 5) is 24.1. The monoisotopic (exact) mass is 600 g/mol. The fraction of sp³-hybridized carbons (Fsp3) is 0.433. The zero-order valence-electron chi connectivity index (χ0n) is 24.0. The van der Waals surface area contributed by atoms with E-state index in [1.165, 1.54) is 7.05 Å². The number of nitrogens with zero attached hydrogens (tertiary/aromatic N) is 4. The molecule has 3 aromatic rings. The summed E-state index contributed by atoms with van der Waals surface area (Å²) < 4.78 is 50.9. The van der Waals surface area contributed by atoms with E-state index in [1.807, 2.05) is 67.0 Å². The second-order valence-corrected chi connectivity index (χ2v) is 15.0. The third-order valence-electron chi connectivity index (χ3n) is 7.14. The number of hydrogen-bond donors (Lipinski definition) is 0. The molecule has 0 fully saturated rings. The number of benzene rings is 1. The molecule has 2 aromatic heterocycles. The number of pyridine rings is 2. The van der Waals surface area contributed by atoms with Crippen molar-refractivity contribution in [1.82, 2.24) is 19.2 Å². The lowest BCUT2D eigenvalue weighted by atomic mass is 9.97. The van der Waals surface area contributed by atoms with Gasteiger partial charge in [-0.3, -0.25) is 14.8 Å². The standard InChI is InChI=1S/C30H40N4O5S2/c1-33(28(17-7-13-26-15-9-19-31-22-26)18-8-14-27-16-10-20-32-23-27)30(35)29(21-25-11-5-4-6-12-25)34(2)41(38,39)24-40(3,36)37/h4-6,9-12,15-16,19-20,22-23,28-29H,7-8,13-14,17-18,21,24H2,1-3H3/t29-/m0/s1. The summed E-state index contributed by atoms with van der Waals surface area (Å²) in [5.41, 5.74) is 3.01. The zero-order valence-corrected chi connectivity index (χ0v) is 25.6. The maximum absolute atomic E-state index is 14.1. The van der Waals surface area contributed by atoms with Crippen LogP contribution < -0.4 is 0 Å². The zero-order chi connectivity index (χ0) is 29.9. The van der Waals surface area contributed by atoms with Crippen LogP contribution in [0.4, 0.5) is 0 Å². The Kier molecular flexibility index (Phi) is 12.0. The minimum absolute atomic E-state index is 0.127. The van der Waals surface area contributed by atoms with Gasteiger partial charge in [-0.2, -0.15) is 4.31 Å². The van der Waals surface area contributed by atoms with Gasteiger partial charge in [-0.1, -0.05) is 42.5 Å². The topological polar surface area (TPSA) is 118 Å². The number of aryl methyl sites for hydroxylation is 2. The lowest BCUT2D eigenvalue weighted by molar-refractivity contribution is -0.136. The molecule has 0 N–H and O–H groups in total. The van der Waals surface area contributed by atoms with Gasteiger partial charge < -0.3 is 4.90 Å². The van der Waals surface area contributed by atoms with Crippen LogP contribution in [0.1, 0.15) is 42.4 Å². The number of rotatable bonds is 16. The second-order valence-electron chi connectivity index (χ2n) is 10.5. The molecule has 0 spiro atoms. The van der Waals surface area contributed by atoms with E-state index >= 15 is 0 Å². The summed E-state index contributed by atoms with van der Waals surface area (Å²) in [6, 6.07) is 15.8. The molecule has 0 unspecified atom stereocenters. The van der Waals surface area contributed by atoms with Crippen LogP contribution in [0.3, 0.4) is 0 Å². The SMILES string of the molecule is CN(C(=O)[C@H](Cc1ccccc1)N(C)S(=O)(=O)CS(C)(=O)=O)C(CCCc1cccnc1)CCCc1cccnc1. The lowest BCUT2D eigenvalue weighted by Crippen LogP contribution is -2.52. The number of hydrogen-bond acceptors (Lipinski definition) is 7. The predicted molar refractivity (Wildman–Crippen MR) is 161 cm³/mol. The van der Waals surface area contributed by atoms with Crippen molar-refractivity contribution >= 4 is 25.8 Å². The molecule has 2 heterocycles. The number of carbonyl (C=O) groups is 1. The highest BCUT2D eigenvalue weighted by atomic mass is 32.3. The van der Waals surface area contributed by atoms with Crippen LogP contribution >= 0.6 is 0 Å². The van der Waals surface area contributed by atoms with Crippen LogP contribution in [0.25, 0.3) is 0 Å². The predicted octanol–water partition coefficient (Wildman–Crippen LogP) is 3.52. The van der Waals surface area contributed by atoms with Crippen LogP contribution in [0.2, 0.25) is 0 Å². The van der Waals surface area contributed by atoms with Crippen LogP contribution in [-0.2, 0) is 43.9 Å². The maximum Gasteiger partial charge on any atom is 0.241 e. The van der Waals surface area contributed by atoms with Gasteiger partial charge in [-0.15, -0.1) is 0 Å². The molecule has 1 aromatic carbocycles. The fourth-order valence-corrected chi connectivity index (χ4v) is 8.26. The maximum atomic E-state index is 14.1. The number of amides is 1. The third kappa shape index (κ3) is 10.6. The first-order valence-electron chi connectivity index (χ1n) is 13.7. The van der Waals surface area contributed by atoms with E-state index in [4.69, 9.17) is 0 Å². The summed E-state index contributed by atoms with van der Waals surface area (Å²) in [6.07, 6.45) is 12.9. The molecule has 0 aliphatic carbocycles. The molecule has 222 valence electrons. The Bertz CT molecular complexity index is 1390. The largest absolute Gasteiger partial charge is 0.341 e. The minimum atomic E-state index is -4.26. The van der Waals surface area contributed by atoms with Gasteiger partial charge in [0.25, 0.3) is 0 Å². The average molecular weight is 601 g/mol. The highest BCUT2D eigenvalue weighted by Gasteiger charge is 2.36. The first kappa shape index (κ1) is 32.4. The van der Waals surface area contributed by atoms with Crippen molar-refractivity contribution in [2.24, 2.45) is 0 Å². The van der Waals surface area contributed by atoms with E-state index in [0.29, 0.717) is 0 Å². The quantitative estimate of drug-likeness (QED) is 0.247. The number of aromatic nitrogens is 2. The Morgan fingerprint density at radius 1 is 0.780 bits per heavy atom. The number of sulfone groups is 1. The van der Waals surface area contributed by atoms with E-state index in [0.717, 1.165) is 65.8 Å². The number of likely N-dealkylation sites (N-methyl/N-ethyl adjacent to an activating group) is 2. The van der Waals surface area contributed by atoms with Gasteiger partial charge in [0.1, 0.15) is 6.04 Å². The van der Waals surface area contributed by atoms with Crippen molar-refractivity contribution < 1.29 is 21.6 Å². The molecular formula is C30H40N4O5S2. The van der Waals surface area contributed by atoms with Gasteiger partial charge in [0.05, 0.1) is 0 Å². The van der Waals surface area contributed by atoms with Crippen molar-refractivity contribution in [2.75, 3.05) is 25.4 Å². The summed E-state index contributed by atoms with van der Waals surface area (Å²) in [7, 11) is -5.09. The van der Waals surface area contributed by atoms with Crippen LogP contribution in [-0.4, -0.2) is 79.4 Å². The first-order valence-corrected chi connectivity index (χ1v) is 17.3. The van der Waals surface area contributed by atoms with E-state index in [2.05, 4.69) is 9.97 Å². The van der Waals surface area contributed by atoms with Gasteiger partial charge in [-0.25, -0.2) is 16.8 Å². The molecule has 9 nitrogen and oxygen atoms in total. The smallest absolute Gasteiger partial charge is 0.241 e. The molecule has 0 saturated carbocycles. The second kappa shape index (κ2) is 15.2. The molecule has 0 aliphatic heterocycles. The van der Waals surface area contributed by atoms with Gasteiger partial charge in [0.2, 0.25) is 15.9 Å². The van der Waals surface area contributed by atoms with Gasteiger partial charge in [0, 0.05) is 51.2 Å². The van der Waals surface area contributed by atoms with Crippen molar-refractivity contribution in [3.05, 3.63) is 96.1 Å². The van der Waals surface area contributed by atoms with E-state index in [1.54, 1.807) is 24.3 Å². The highest BCUT2D eigenvalue weighted by Crippen LogP contribution is 2.21. The van der Waals surface area contributed by atoms with Gasteiger partial charge in [0.15, 0.2) is 14.9 Å². The highest BCUT2D eigenvalue weighted by molar-refractivity contribution is 8.06. The third-order valence-corrected chi connectivity index (χ3v) is 11.2. The molecule has 11 heteroatoms.